The summed E-state index contributed by atoms with van der Waals surface area (Å²) in [5, 5.41) is 7.34. The standard InChI is InChI=1S/C21H21FN4O/c1-14-12-23-10-9-15(14)17-13-24-25-20(17)19-8-4-5-11-26(19)21(27)16-6-2-3-7-18(16)22/h2-3,6-7,9-10,12-13,19H,4-5,8,11H2,1H3,(H,24,25)/t19-/m1/s1. The number of hydrogen-bond acceptors (Lipinski definition) is 3. The summed E-state index contributed by atoms with van der Waals surface area (Å²) >= 11 is 0. The van der Waals surface area contributed by atoms with E-state index < -0.39 is 5.82 Å². The van der Waals surface area contributed by atoms with E-state index in [4.69, 9.17) is 0 Å². The van der Waals surface area contributed by atoms with Crippen molar-refractivity contribution in [1.29, 1.82) is 0 Å². The lowest BCUT2D eigenvalue weighted by Gasteiger charge is -2.36. The Labute approximate surface area is 157 Å². The average Bonchev–Trinajstić information content (AvgIpc) is 3.17. The summed E-state index contributed by atoms with van der Waals surface area (Å²) in [5.41, 5.74) is 4.06. The lowest BCUT2D eigenvalue weighted by molar-refractivity contribution is 0.0602. The second kappa shape index (κ2) is 7.31. The smallest absolute Gasteiger partial charge is 0.257 e. The first-order chi connectivity index (χ1) is 13.2. The molecule has 1 N–H and O–H groups in total. The highest BCUT2D eigenvalue weighted by atomic mass is 19.1. The fraction of sp³-hybridized carbons (Fsp3) is 0.286. The van der Waals surface area contributed by atoms with E-state index in [-0.39, 0.29) is 17.5 Å². The molecular weight excluding hydrogens is 343 g/mol. The Balaban J connectivity index is 1.73. The number of piperidine rings is 1. The van der Waals surface area contributed by atoms with Gasteiger partial charge in [0.2, 0.25) is 0 Å². The molecule has 4 rings (SSSR count). The van der Waals surface area contributed by atoms with Gasteiger partial charge >= 0.3 is 0 Å². The van der Waals surface area contributed by atoms with Gasteiger partial charge in [-0.1, -0.05) is 12.1 Å². The molecule has 1 fully saturated rings. The van der Waals surface area contributed by atoms with Crippen molar-refractivity contribution in [3.05, 3.63) is 71.6 Å². The second-order valence-corrected chi connectivity index (χ2v) is 6.88. The molecule has 27 heavy (non-hydrogen) atoms. The summed E-state index contributed by atoms with van der Waals surface area (Å²) in [6.07, 6.45) is 8.10. The number of carbonyl (C=O) groups excluding carboxylic acids is 1. The van der Waals surface area contributed by atoms with Crippen LogP contribution in [0.3, 0.4) is 0 Å². The highest BCUT2D eigenvalue weighted by molar-refractivity contribution is 5.95. The molecule has 1 aliphatic rings. The van der Waals surface area contributed by atoms with E-state index in [2.05, 4.69) is 15.2 Å². The van der Waals surface area contributed by atoms with Gasteiger partial charge in [-0.3, -0.25) is 14.9 Å². The summed E-state index contributed by atoms with van der Waals surface area (Å²) in [4.78, 5) is 19.0. The lowest BCUT2D eigenvalue weighted by Crippen LogP contribution is -2.39. The normalized spacial score (nSPS) is 17.1. The van der Waals surface area contributed by atoms with Gasteiger partial charge in [0.1, 0.15) is 5.82 Å². The number of pyridine rings is 1. The minimum Gasteiger partial charge on any atom is -0.330 e. The van der Waals surface area contributed by atoms with Gasteiger partial charge in [-0.05, 0) is 55.5 Å². The first-order valence-corrected chi connectivity index (χ1v) is 9.16. The molecular formula is C21H21FN4O. The Morgan fingerprint density at radius 2 is 2.04 bits per heavy atom. The maximum Gasteiger partial charge on any atom is 0.257 e. The maximum atomic E-state index is 14.2. The molecule has 2 aromatic heterocycles. The van der Waals surface area contributed by atoms with Crippen LogP contribution in [0.2, 0.25) is 0 Å². The third-order valence-corrected chi connectivity index (χ3v) is 5.18. The zero-order valence-corrected chi connectivity index (χ0v) is 15.2. The predicted molar refractivity (Wildman–Crippen MR) is 101 cm³/mol. The molecule has 1 amide bonds. The van der Waals surface area contributed by atoms with Gasteiger partial charge in [0.25, 0.3) is 5.91 Å². The average molecular weight is 364 g/mol. The number of benzene rings is 1. The third-order valence-electron chi connectivity index (χ3n) is 5.18. The molecule has 0 aliphatic carbocycles. The van der Waals surface area contributed by atoms with Crippen LogP contribution in [0.15, 0.2) is 48.9 Å². The van der Waals surface area contributed by atoms with Gasteiger partial charge in [-0.15, -0.1) is 0 Å². The maximum absolute atomic E-state index is 14.2. The van der Waals surface area contributed by atoms with E-state index in [1.54, 1.807) is 35.5 Å². The van der Waals surface area contributed by atoms with Crippen molar-refractivity contribution in [2.45, 2.75) is 32.2 Å². The van der Waals surface area contributed by atoms with E-state index in [0.29, 0.717) is 6.54 Å². The number of likely N-dealkylation sites (tertiary alicyclic amines) is 1. The van der Waals surface area contributed by atoms with Crippen LogP contribution in [0.4, 0.5) is 4.39 Å². The number of nitrogens with zero attached hydrogens (tertiary/aromatic N) is 3. The predicted octanol–water partition coefficient (Wildman–Crippen LogP) is 4.29. The highest BCUT2D eigenvalue weighted by Gasteiger charge is 2.32. The molecule has 6 heteroatoms. The number of halogens is 1. The van der Waals surface area contributed by atoms with Crippen molar-refractivity contribution in [2.75, 3.05) is 6.54 Å². The summed E-state index contributed by atoms with van der Waals surface area (Å²) in [6, 6.07) is 7.96. The van der Waals surface area contributed by atoms with Crippen LogP contribution >= 0.6 is 0 Å². The number of amides is 1. The van der Waals surface area contributed by atoms with E-state index >= 15 is 0 Å². The van der Waals surface area contributed by atoms with Crippen molar-refractivity contribution in [2.24, 2.45) is 0 Å². The Morgan fingerprint density at radius 3 is 2.85 bits per heavy atom. The molecule has 0 bridgehead atoms. The van der Waals surface area contributed by atoms with Gasteiger partial charge < -0.3 is 4.90 Å². The van der Waals surface area contributed by atoms with Gasteiger partial charge in [-0.2, -0.15) is 5.10 Å². The topological polar surface area (TPSA) is 61.9 Å². The Kier molecular flexibility index (Phi) is 4.71. The molecule has 1 atom stereocenters. The van der Waals surface area contributed by atoms with Gasteiger partial charge in [0.15, 0.2) is 0 Å². The number of H-pyrrole nitrogens is 1. The van der Waals surface area contributed by atoms with Crippen LogP contribution in [0.1, 0.15) is 46.9 Å². The largest absolute Gasteiger partial charge is 0.330 e. The quantitative estimate of drug-likeness (QED) is 0.754. The van der Waals surface area contributed by atoms with Crippen LogP contribution in [0.25, 0.3) is 11.1 Å². The molecule has 3 aromatic rings. The van der Waals surface area contributed by atoms with E-state index in [9.17, 15) is 9.18 Å². The number of hydrogen-bond donors (Lipinski definition) is 1. The van der Waals surface area contributed by atoms with E-state index in [1.807, 2.05) is 19.2 Å². The van der Waals surface area contributed by atoms with Crippen molar-refractivity contribution in [1.82, 2.24) is 20.1 Å². The van der Waals surface area contributed by atoms with Crippen molar-refractivity contribution in [3.8, 4) is 11.1 Å². The molecule has 1 aliphatic heterocycles. The summed E-state index contributed by atoms with van der Waals surface area (Å²) in [5.74, 6) is -0.758. The van der Waals surface area contributed by atoms with Crippen LogP contribution in [-0.4, -0.2) is 32.5 Å². The molecule has 138 valence electrons. The minimum absolute atomic E-state index is 0.116. The minimum atomic E-state index is -0.485. The second-order valence-electron chi connectivity index (χ2n) is 6.88. The van der Waals surface area contributed by atoms with Gasteiger partial charge in [0.05, 0.1) is 23.5 Å². The SMILES string of the molecule is Cc1cnccc1-c1cn[nH]c1[C@H]1CCCCN1C(=O)c1ccccc1F. The highest BCUT2D eigenvalue weighted by Crippen LogP contribution is 2.37. The summed E-state index contributed by atoms with van der Waals surface area (Å²) in [7, 11) is 0. The van der Waals surface area contributed by atoms with Crippen LogP contribution in [-0.2, 0) is 0 Å². The lowest BCUT2D eigenvalue weighted by atomic mass is 9.93. The van der Waals surface area contributed by atoms with Crippen molar-refractivity contribution in [3.63, 3.8) is 0 Å². The van der Waals surface area contributed by atoms with E-state index in [1.165, 1.54) is 6.07 Å². The Bertz CT molecular complexity index is 968. The van der Waals surface area contributed by atoms with Crippen LogP contribution in [0, 0.1) is 12.7 Å². The Morgan fingerprint density at radius 1 is 1.19 bits per heavy atom. The molecule has 1 aromatic carbocycles. The molecule has 5 nitrogen and oxygen atoms in total. The van der Waals surface area contributed by atoms with Crippen LogP contribution < -0.4 is 0 Å². The number of rotatable bonds is 3. The summed E-state index contributed by atoms with van der Waals surface area (Å²) < 4.78 is 14.2. The number of aromatic nitrogens is 3. The number of aromatic amines is 1. The Hall–Kier alpha value is -3.02. The van der Waals surface area contributed by atoms with Gasteiger partial charge in [0, 0.05) is 24.5 Å². The molecule has 0 radical (unpaired) electrons. The van der Waals surface area contributed by atoms with Crippen LogP contribution in [0.5, 0.6) is 0 Å². The molecule has 0 spiro atoms. The number of carbonyl (C=O) groups is 1. The molecule has 0 unspecified atom stereocenters. The van der Waals surface area contributed by atoms with Crippen molar-refractivity contribution < 1.29 is 9.18 Å². The first-order valence-electron chi connectivity index (χ1n) is 9.16. The molecule has 1 saturated heterocycles. The fourth-order valence-electron chi connectivity index (χ4n) is 3.80. The molecule has 0 saturated carbocycles. The zero-order valence-electron chi connectivity index (χ0n) is 15.2. The fourth-order valence-corrected chi connectivity index (χ4v) is 3.80. The number of nitrogens with one attached hydrogen (secondary N) is 1. The van der Waals surface area contributed by atoms with Crippen molar-refractivity contribution >= 4 is 5.91 Å². The summed E-state index contributed by atoms with van der Waals surface area (Å²) in [6.45, 7) is 2.61. The number of aryl methyl sites for hydroxylation is 1. The van der Waals surface area contributed by atoms with Gasteiger partial charge in [-0.25, -0.2) is 4.39 Å². The van der Waals surface area contributed by atoms with E-state index in [0.717, 1.165) is 41.6 Å². The third kappa shape index (κ3) is 3.23. The zero-order chi connectivity index (χ0) is 18.8. The monoisotopic (exact) mass is 364 g/mol. The first kappa shape index (κ1) is 17.4. The molecule has 3 heterocycles.